The number of rotatable bonds is 9. The van der Waals surface area contributed by atoms with Crippen molar-refractivity contribution in [2.75, 3.05) is 0 Å². The number of hydrogen-bond acceptors (Lipinski definition) is 0. The Bertz CT molecular complexity index is 853. The van der Waals surface area contributed by atoms with Crippen molar-refractivity contribution in [2.45, 2.75) is 65.1 Å². The van der Waals surface area contributed by atoms with E-state index in [-0.39, 0.29) is 0 Å². The van der Waals surface area contributed by atoms with Crippen molar-refractivity contribution in [1.29, 1.82) is 0 Å². The predicted molar refractivity (Wildman–Crippen MR) is 133 cm³/mol. The predicted octanol–water partition coefficient (Wildman–Crippen LogP) is 7.67. The van der Waals surface area contributed by atoms with Crippen LogP contribution in [-0.4, -0.2) is 8.07 Å². The van der Waals surface area contributed by atoms with Gasteiger partial charge in [0.1, 0.15) is 0 Å². The van der Waals surface area contributed by atoms with Crippen LogP contribution in [0.15, 0.2) is 78.4 Å². The van der Waals surface area contributed by atoms with Gasteiger partial charge in [-0.25, -0.2) is 0 Å². The summed E-state index contributed by atoms with van der Waals surface area (Å²) in [5.41, 5.74) is 6.74. The topological polar surface area (TPSA) is 0 Å². The average molecular weight is 401 g/mol. The Morgan fingerprint density at radius 1 is 0.690 bits per heavy atom. The summed E-state index contributed by atoms with van der Waals surface area (Å²) in [4.78, 5) is 0. The van der Waals surface area contributed by atoms with Gasteiger partial charge in [-0.1, -0.05) is 130 Å². The molecule has 0 fully saturated rings. The number of benzene rings is 2. The first-order valence-electron chi connectivity index (χ1n) is 11.5. The lowest BCUT2D eigenvalue weighted by atomic mass is 9.92. The van der Waals surface area contributed by atoms with E-state index in [4.69, 9.17) is 0 Å². The molecular weight excluding hydrogens is 364 g/mol. The van der Waals surface area contributed by atoms with Gasteiger partial charge in [0.15, 0.2) is 0 Å². The number of aryl methyl sites for hydroxylation is 1. The highest BCUT2D eigenvalue weighted by molar-refractivity contribution is 6.91. The maximum absolute atomic E-state index is 2.43. The smallest absolute Gasteiger partial charge is 0.0675 e. The van der Waals surface area contributed by atoms with Crippen LogP contribution in [0.2, 0.25) is 18.1 Å². The van der Waals surface area contributed by atoms with Gasteiger partial charge >= 0.3 is 0 Å². The summed E-state index contributed by atoms with van der Waals surface area (Å²) in [6, 6.07) is 22.8. The van der Waals surface area contributed by atoms with Gasteiger partial charge in [0.2, 0.25) is 0 Å². The fourth-order valence-corrected chi connectivity index (χ4v) is 8.21. The molecule has 1 heteroatoms. The molecule has 0 amide bonds. The molecule has 0 atom stereocenters. The van der Waals surface area contributed by atoms with Crippen molar-refractivity contribution in [2.24, 2.45) is 0 Å². The molecule has 2 aromatic carbocycles. The van der Waals surface area contributed by atoms with Gasteiger partial charge in [0.05, 0.1) is 8.07 Å². The molecule has 1 aliphatic carbocycles. The first-order valence-corrected chi connectivity index (χ1v) is 14.1. The Hall–Kier alpha value is -2.12. The second kappa shape index (κ2) is 10.1. The number of hydrogen-bond donors (Lipinski definition) is 0. The molecule has 0 spiro atoms. The first kappa shape index (κ1) is 21.6. The van der Waals surface area contributed by atoms with Crippen molar-refractivity contribution in [3.63, 3.8) is 0 Å². The minimum absolute atomic E-state index is 1.18. The minimum atomic E-state index is -1.33. The fourth-order valence-electron chi connectivity index (χ4n) is 4.61. The van der Waals surface area contributed by atoms with Crippen LogP contribution in [0.1, 0.15) is 57.2 Å². The molecule has 0 bridgehead atoms. The summed E-state index contributed by atoms with van der Waals surface area (Å²) in [7, 11) is -1.33. The third-order valence-electron chi connectivity index (χ3n) is 6.83. The molecule has 0 saturated heterocycles. The molecular formula is C28H36Si. The van der Waals surface area contributed by atoms with Crippen LogP contribution in [-0.2, 0) is 6.42 Å². The molecule has 0 radical (unpaired) electrons. The highest BCUT2D eigenvalue weighted by Crippen LogP contribution is 2.31. The molecule has 152 valence electrons. The molecule has 2 aromatic rings. The molecule has 0 N–H and O–H groups in total. The zero-order valence-corrected chi connectivity index (χ0v) is 19.7. The van der Waals surface area contributed by atoms with Crippen molar-refractivity contribution >= 4 is 18.8 Å². The van der Waals surface area contributed by atoms with E-state index in [9.17, 15) is 0 Å². The van der Waals surface area contributed by atoms with Crippen LogP contribution in [0.25, 0.3) is 5.57 Å². The normalized spacial score (nSPS) is 13.3. The maximum atomic E-state index is 2.43. The van der Waals surface area contributed by atoms with Crippen molar-refractivity contribution in [1.82, 2.24) is 0 Å². The lowest BCUT2D eigenvalue weighted by Gasteiger charge is -2.29. The molecule has 29 heavy (non-hydrogen) atoms. The van der Waals surface area contributed by atoms with E-state index in [0.717, 1.165) is 0 Å². The van der Waals surface area contributed by atoms with Gasteiger partial charge in [-0.3, -0.25) is 0 Å². The Morgan fingerprint density at radius 3 is 1.69 bits per heavy atom. The SMILES string of the molecule is CCCCc1ccc(C(=C2C=CC=C2)c2ccc([Si](CC)(CC)CC)cc2)cc1. The lowest BCUT2D eigenvalue weighted by Crippen LogP contribution is -2.45. The van der Waals surface area contributed by atoms with Crippen LogP contribution in [0.3, 0.4) is 0 Å². The van der Waals surface area contributed by atoms with Crippen molar-refractivity contribution in [3.05, 3.63) is 95.1 Å². The van der Waals surface area contributed by atoms with Gasteiger partial charge in [0, 0.05) is 0 Å². The van der Waals surface area contributed by atoms with E-state index in [1.807, 2.05) is 0 Å². The minimum Gasteiger partial charge on any atom is -0.0675 e. The third-order valence-corrected chi connectivity index (χ3v) is 12.4. The summed E-state index contributed by atoms with van der Waals surface area (Å²) in [6.07, 6.45) is 12.4. The zero-order valence-electron chi connectivity index (χ0n) is 18.7. The first-order chi connectivity index (χ1) is 14.2. The molecule has 0 nitrogen and oxygen atoms in total. The van der Waals surface area contributed by atoms with Crippen LogP contribution >= 0.6 is 0 Å². The summed E-state index contributed by atoms with van der Waals surface area (Å²) in [5.74, 6) is 0. The van der Waals surface area contributed by atoms with Gasteiger partial charge in [-0.2, -0.15) is 0 Å². The quantitative estimate of drug-likeness (QED) is 0.379. The fraction of sp³-hybridized carbons (Fsp3) is 0.357. The van der Waals surface area contributed by atoms with Gasteiger partial charge in [-0.15, -0.1) is 0 Å². The molecule has 0 heterocycles. The lowest BCUT2D eigenvalue weighted by molar-refractivity contribution is 0.795. The van der Waals surface area contributed by atoms with Crippen molar-refractivity contribution < 1.29 is 0 Å². The van der Waals surface area contributed by atoms with E-state index in [0.29, 0.717) is 0 Å². The van der Waals surface area contributed by atoms with Crippen LogP contribution in [0, 0.1) is 0 Å². The van der Waals surface area contributed by atoms with Crippen LogP contribution < -0.4 is 5.19 Å². The van der Waals surface area contributed by atoms with Gasteiger partial charge in [0.25, 0.3) is 0 Å². The third kappa shape index (κ3) is 4.73. The Morgan fingerprint density at radius 2 is 1.21 bits per heavy atom. The number of allylic oxidation sites excluding steroid dienone is 5. The van der Waals surface area contributed by atoms with E-state index >= 15 is 0 Å². The standard InChI is InChI=1S/C28H36Si/c1-5-9-12-23-15-17-25(18-16-23)28(24-13-10-11-14-24)26-19-21-27(22-20-26)29(6-2,7-3)8-4/h10-11,13-22H,5-9,12H2,1-4H3. The molecule has 0 aliphatic heterocycles. The molecule has 3 rings (SSSR count). The molecule has 1 aliphatic rings. The van der Waals surface area contributed by atoms with Gasteiger partial charge < -0.3 is 0 Å². The summed E-state index contributed by atoms with van der Waals surface area (Å²) >= 11 is 0. The van der Waals surface area contributed by atoms with Crippen LogP contribution in [0.5, 0.6) is 0 Å². The second-order valence-electron chi connectivity index (χ2n) is 8.27. The van der Waals surface area contributed by atoms with E-state index in [2.05, 4.69) is 101 Å². The van der Waals surface area contributed by atoms with Crippen LogP contribution in [0.4, 0.5) is 0 Å². The average Bonchev–Trinajstić information content (AvgIpc) is 3.30. The molecule has 0 aromatic heterocycles. The Labute approximate surface area is 179 Å². The summed E-state index contributed by atoms with van der Waals surface area (Å²) < 4.78 is 0. The largest absolute Gasteiger partial charge is 0.0859 e. The second-order valence-corrected chi connectivity index (χ2v) is 13.5. The monoisotopic (exact) mass is 400 g/mol. The van der Waals surface area contributed by atoms with Crippen molar-refractivity contribution in [3.8, 4) is 0 Å². The maximum Gasteiger partial charge on any atom is 0.0859 e. The Balaban J connectivity index is 1.98. The number of unbranched alkanes of at least 4 members (excludes halogenated alkanes) is 1. The van der Waals surface area contributed by atoms with E-state index < -0.39 is 8.07 Å². The van der Waals surface area contributed by atoms with E-state index in [1.165, 1.54) is 65.2 Å². The highest BCUT2D eigenvalue weighted by atomic mass is 28.3. The highest BCUT2D eigenvalue weighted by Gasteiger charge is 2.28. The Kier molecular flexibility index (Phi) is 7.49. The summed E-state index contributed by atoms with van der Waals surface area (Å²) in [5, 5.41) is 1.62. The van der Waals surface area contributed by atoms with E-state index in [1.54, 1.807) is 5.19 Å². The summed E-state index contributed by atoms with van der Waals surface area (Å²) in [6.45, 7) is 9.41. The molecule has 0 unspecified atom stereocenters. The molecule has 0 saturated carbocycles. The van der Waals surface area contributed by atoms with Gasteiger partial charge in [-0.05, 0) is 40.7 Å². The zero-order chi connectivity index (χ0) is 20.7.